The van der Waals surface area contributed by atoms with Crippen LogP contribution in [0.25, 0.3) is 0 Å². The molecule has 3 N–H and O–H groups in total. The topological polar surface area (TPSA) is 105 Å². The van der Waals surface area contributed by atoms with Crippen LogP contribution < -0.4 is 5.32 Å². The molecular formula is C60H120N2O6P+. The number of hydrogen-bond acceptors (Lipinski definition) is 5. The first-order valence-corrected chi connectivity index (χ1v) is 31.7. The fraction of sp³-hybridized carbons (Fsp3) is 0.917. The summed E-state index contributed by atoms with van der Waals surface area (Å²) in [5, 5.41) is 13.9. The first kappa shape index (κ1) is 68.0. The molecule has 0 aromatic carbocycles. The lowest BCUT2D eigenvalue weighted by Crippen LogP contribution is -2.45. The van der Waals surface area contributed by atoms with Crippen molar-refractivity contribution >= 4 is 13.7 Å². The van der Waals surface area contributed by atoms with Crippen LogP contribution in [0.15, 0.2) is 24.3 Å². The van der Waals surface area contributed by atoms with Crippen molar-refractivity contribution in [1.82, 2.24) is 5.32 Å². The van der Waals surface area contributed by atoms with Crippen LogP contribution in [0.4, 0.5) is 0 Å². The van der Waals surface area contributed by atoms with Gasteiger partial charge in [0.15, 0.2) is 0 Å². The summed E-state index contributed by atoms with van der Waals surface area (Å²) in [7, 11) is 1.57. The first-order valence-electron chi connectivity index (χ1n) is 30.2. The largest absolute Gasteiger partial charge is 0.472 e. The number of nitrogens with one attached hydrogen (secondary N) is 1. The molecule has 0 aromatic rings. The van der Waals surface area contributed by atoms with Crippen LogP contribution in [-0.2, 0) is 18.4 Å². The number of phosphoric ester groups is 1. The van der Waals surface area contributed by atoms with Gasteiger partial charge in [-0.25, -0.2) is 4.57 Å². The van der Waals surface area contributed by atoms with Crippen LogP contribution in [0, 0.1) is 0 Å². The molecule has 0 spiro atoms. The van der Waals surface area contributed by atoms with Gasteiger partial charge in [-0.3, -0.25) is 13.8 Å². The van der Waals surface area contributed by atoms with E-state index >= 15 is 0 Å². The number of rotatable bonds is 56. The van der Waals surface area contributed by atoms with E-state index in [0.29, 0.717) is 17.4 Å². The SMILES string of the molecule is CCCCCCCCCCCCCCCCC/C=C/CC/C=C/C(O)C(COP(=O)(O)OCC[N+](C)(C)C)NC(=O)CCCCCCCCCCCCCCCCCCCCCCCCCCCC. The maximum Gasteiger partial charge on any atom is 0.472 e. The Balaban J connectivity index is 4.17. The zero-order valence-corrected chi connectivity index (χ0v) is 47.7. The molecule has 0 fully saturated rings. The minimum absolute atomic E-state index is 0.0589. The van der Waals surface area contributed by atoms with E-state index in [0.717, 1.165) is 38.5 Å². The summed E-state index contributed by atoms with van der Waals surface area (Å²) in [6.07, 6.45) is 65.8. The number of aliphatic hydroxyl groups is 1. The third kappa shape index (κ3) is 54.6. The Labute approximate surface area is 430 Å². The Morgan fingerprint density at radius 1 is 0.478 bits per heavy atom. The summed E-state index contributed by atoms with van der Waals surface area (Å²) in [6, 6.07) is -0.860. The van der Waals surface area contributed by atoms with E-state index in [1.165, 1.54) is 244 Å². The van der Waals surface area contributed by atoms with Crippen molar-refractivity contribution in [2.75, 3.05) is 40.9 Å². The maximum atomic E-state index is 13.0. The van der Waals surface area contributed by atoms with Gasteiger partial charge >= 0.3 is 7.82 Å². The monoisotopic (exact) mass is 996 g/mol. The Bertz CT molecular complexity index is 1170. The zero-order chi connectivity index (χ0) is 50.6. The fourth-order valence-electron chi connectivity index (χ4n) is 9.18. The summed E-state index contributed by atoms with van der Waals surface area (Å²) in [6.45, 7) is 4.85. The van der Waals surface area contributed by atoms with Crippen LogP contribution in [-0.4, -0.2) is 73.4 Å². The lowest BCUT2D eigenvalue weighted by molar-refractivity contribution is -0.870. The van der Waals surface area contributed by atoms with Gasteiger partial charge in [-0.15, -0.1) is 0 Å². The number of unbranched alkanes of at least 4 members (excludes halogenated alkanes) is 41. The van der Waals surface area contributed by atoms with Gasteiger partial charge in [-0.2, -0.15) is 0 Å². The lowest BCUT2D eigenvalue weighted by atomic mass is 10.0. The predicted octanol–water partition coefficient (Wildman–Crippen LogP) is 18.4. The molecule has 1 amide bonds. The number of phosphoric acid groups is 1. The van der Waals surface area contributed by atoms with Crippen molar-refractivity contribution < 1.29 is 32.9 Å². The minimum Gasteiger partial charge on any atom is -0.387 e. The first-order chi connectivity index (χ1) is 33.5. The van der Waals surface area contributed by atoms with Crippen molar-refractivity contribution in [3.8, 4) is 0 Å². The van der Waals surface area contributed by atoms with Crippen LogP contribution >= 0.6 is 7.82 Å². The highest BCUT2D eigenvalue weighted by molar-refractivity contribution is 7.47. The van der Waals surface area contributed by atoms with Crippen molar-refractivity contribution in [3.63, 3.8) is 0 Å². The van der Waals surface area contributed by atoms with E-state index < -0.39 is 20.0 Å². The number of hydrogen-bond donors (Lipinski definition) is 3. The molecular weight excluding hydrogens is 876 g/mol. The van der Waals surface area contributed by atoms with Crippen LogP contribution in [0.5, 0.6) is 0 Å². The van der Waals surface area contributed by atoms with Crippen LogP contribution in [0.2, 0.25) is 0 Å². The predicted molar refractivity (Wildman–Crippen MR) is 300 cm³/mol. The molecule has 410 valence electrons. The highest BCUT2D eigenvalue weighted by Crippen LogP contribution is 2.43. The molecule has 0 aromatic heterocycles. The number of nitrogens with zero attached hydrogens (tertiary/aromatic N) is 1. The summed E-state index contributed by atoms with van der Waals surface area (Å²) >= 11 is 0. The van der Waals surface area contributed by atoms with Gasteiger partial charge in [0.05, 0.1) is 39.9 Å². The quantitative estimate of drug-likeness (QED) is 0.0243. The molecule has 0 rings (SSSR count). The summed E-state index contributed by atoms with van der Waals surface area (Å²) in [5.41, 5.74) is 0. The second-order valence-corrected chi connectivity index (χ2v) is 23.5. The molecule has 0 aliphatic rings. The molecule has 0 bridgehead atoms. The Morgan fingerprint density at radius 3 is 1.16 bits per heavy atom. The molecule has 3 atom stereocenters. The van der Waals surface area contributed by atoms with Crippen LogP contribution in [0.1, 0.15) is 303 Å². The summed E-state index contributed by atoms with van der Waals surface area (Å²) in [4.78, 5) is 23.3. The molecule has 0 saturated heterocycles. The smallest absolute Gasteiger partial charge is 0.387 e. The molecule has 8 nitrogen and oxygen atoms in total. The normalized spacial score (nSPS) is 14.0. The Morgan fingerprint density at radius 2 is 0.797 bits per heavy atom. The van der Waals surface area contributed by atoms with E-state index in [-0.39, 0.29) is 19.1 Å². The van der Waals surface area contributed by atoms with Gasteiger partial charge in [0.1, 0.15) is 13.2 Å². The molecule has 3 unspecified atom stereocenters. The van der Waals surface area contributed by atoms with Gasteiger partial charge < -0.3 is 19.8 Å². The van der Waals surface area contributed by atoms with Gasteiger partial charge in [0.2, 0.25) is 5.91 Å². The molecule has 0 aliphatic carbocycles. The van der Waals surface area contributed by atoms with Gasteiger partial charge in [-0.05, 0) is 32.1 Å². The Kier molecular flexibility index (Phi) is 51.1. The number of aliphatic hydroxyl groups excluding tert-OH is 1. The van der Waals surface area contributed by atoms with Gasteiger partial charge in [-0.1, -0.05) is 289 Å². The van der Waals surface area contributed by atoms with Crippen molar-refractivity contribution in [3.05, 3.63) is 24.3 Å². The van der Waals surface area contributed by atoms with Crippen molar-refractivity contribution in [2.24, 2.45) is 0 Å². The fourth-order valence-corrected chi connectivity index (χ4v) is 9.92. The number of carbonyl (C=O) groups excluding carboxylic acids is 1. The van der Waals surface area contributed by atoms with E-state index in [4.69, 9.17) is 9.05 Å². The van der Waals surface area contributed by atoms with Crippen molar-refractivity contribution in [2.45, 2.75) is 315 Å². The standard InChI is InChI=1S/C60H119N2O6P/c1-6-8-10-12-14-16-18-20-22-24-26-28-29-30-31-32-34-36-38-40-42-44-46-48-50-52-54-60(64)61-58(57-68-69(65,66)67-56-55-62(3,4)5)59(63)53-51-49-47-45-43-41-39-37-35-33-27-25-23-21-19-17-15-13-11-9-7-2/h43,45,51,53,58-59,63H,6-42,44,46-50,52,54-57H2,1-5H3,(H-,61,64,65,66)/p+1/b45-43+,53-51+. The van der Waals surface area contributed by atoms with E-state index in [2.05, 4.69) is 31.3 Å². The highest BCUT2D eigenvalue weighted by Gasteiger charge is 2.27. The van der Waals surface area contributed by atoms with E-state index in [1.807, 2.05) is 27.2 Å². The van der Waals surface area contributed by atoms with Gasteiger partial charge in [0.25, 0.3) is 0 Å². The summed E-state index contributed by atoms with van der Waals surface area (Å²) in [5.74, 6) is -0.180. The average Bonchev–Trinajstić information content (AvgIpc) is 3.31. The summed E-state index contributed by atoms with van der Waals surface area (Å²) < 4.78 is 23.7. The van der Waals surface area contributed by atoms with E-state index in [9.17, 15) is 19.4 Å². The van der Waals surface area contributed by atoms with Gasteiger partial charge in [0, 0.05) is 6.42 Å². The Hall–Kier alpha value is -1.02. The molecule has 0 saturated carbocycles. The number of allylic oxidation sites excluding steroid dienone is 3. The molecule has 69 heavy (non-hydrogen) atoms. The molecule has 0 aliphatic heterocycles. The minimum atomic E-state index is -4.35. The zero-order valence-electron chi connectivity index (χ0n) is 46.8. The number of carbonyl (C=O) groups is 1. The number of amides is 1. The van der Waals surface area contributed by atoms with Crippen molar-refractivity contribution in [1.29, 1.82) is 0 Å². The third-order valence-corrected chi connectivity index (χ3v) is 14.9. The maximum absolute atomic E-state index is 13.0. The number of likely N-dealkylation sites (N-methyl/N-ethyl adjacent to an activating group) is 1. The molecule has 0 heterocycles. The number of quaternary nitrogens is 1. The third-order valence-electron chi connectivity index (χ3n) is 13.9. The van der Waals surface area contributed by atoms with E-state index in [1.54, 1.807) is 6.08 Å². The second kappa shape index (κ2) is 51.9. The highest BCUT2D eigenvalue weighted by atomic mass is 31.2. The average molecular weight is 997 g/mol. The van der Waals surface area contributed by atoms with Crippen LogP contribution in [0.3, 0.4) is 0 Å². The second-order valence-electron chi connectivity index (χ2n) is 22.1. The lowest BCUT2D eigenvalue weighted by Gasteiger charge is -2.25. The molecule has 9 heteroatoms. The molecule has 0 radical (unpaired) electrons.